The van der Waals surface area contributed by atoms with Crippen LogP contribution in [0, 0.1) is 11.8 Å². The van der Waals surface area contributed by atoms with Gasteiger partial charge < -0.3 is 4.74 Å². The third-order valence-corrected chi connectivity index (χ3v) is 5.25. The van der Waals surface area contributed by atoms with E-state index >= 15 is 0 Å². The number of ether oxygens (including phenoxy) is 1. The van der Waals surface area contributed by atoms with Crippen molar-refractivity contribution in [3.05, 3.63) is 70.9 Å². The van der Waals surface area contributed by atoms with Crippen LogP contribution in [0.15, 0.2) is 54.2 Å². The van der Waals surface area contributed by atoms with E-state index in [2.05, 4.69) is 46.2 Å². The average Bonchev–Trinajstić information content (AvgIpc) is 3.40. The van der Waals surface area contributed by atoms with Gasteiger partial charge in [-0.1, -0.05) is 30.2 Å². The highest BCUT2D eigenvalue weighted by Crippen LogP contribution is 2.25. The van der Waals surface area contributed by atoms with Crippen molar-refractivity contribution in [2.75, 3.05) is 7.11 Å². The van der Waals surface area contributed by atoms with Crippen LogP contribution in [0.2, 0.25) is 0 Å². The molecule has 0 unspecified atom stereocenters. The van der Waals surface area contributed by atoms with Gasteiger partial charge in [-0.3, -0.25) is 4.68 Å². The molecule has 5 nitrogen and oxygen atoms in total. The minimum Gasteiger partial charge on any atom is -0.465 e. The van der Waals surface area contributed by atoms with Crippen molar-refractivity contribution in [1.29, 1.82) is 0 Å². The summed E-state index contributed by atoms with van der Waals surface area (Å²) in [6.07, 6.45) is 3.56. The number of thiazole rings is 1. The van der Waals surface area contributed by atoms with Gasteiger partial charge in [0.15, 0.2) is 0 Å². The second kappa shape index (κ2) is 7.67. The maximum Gasteiger partial charge on any atom is 0.340 e. The van der Waals surface area contributed by atoms with E-state index in [1.54, 1.807) is 36.7 Å². The predicted octanol–water partition coefficient (Wildman–Crippen LogP) is 4.37. The summed E-state index contributed by atoms with van der Waals surface area (Å²) in [5, 5.41) is 8.31. The first-order chi connectivity index (χ1) is 13.7. The van der Waals surface area contributed by atoms with Gasteiger partial charge in [-0.25, -0.2) is 9.78 Å². The lowest BCUT2D eigenvalue weighted by Crippen LogP contribution is -2.08. The van der Waals surface area contributed by atoms with E-state index in [-0.39, 0.29) is 5.97 Å². The Morgan fingerprint density at radius 3 is 2.71 bits per heavy atom. The highest BCUT2D eigenvalue weighted by molar-refractivity contribution is 7.13. The molecular weight excluding hydrogens is 370 g/mol. The molecule has 4 aromatic rings. The van der Waals surface area contributed by atoms with Crippen molar-refractivity contribution in [2.45, 2.75) is 13.5 Å². The molecule has 0 N–H and O–H groups in total. The minimum absolute atomic E-state index is 0.387. The van der Waals surface area contributed by atoms with E-state index in [1.807, 2.05) is 16.1 Å². The predicted molar refractivity (Wildman–Crippen MR) is 110 cm³/mol. The molecule has 0 saturated carbocycles. The first-order valence-electron chi connectivity index (χ1n) is 8.69. The molecule has 0 spiro atoms. The lowest BCUT2D eigenvalue weighted by Gasteiger charge is -2.09. The van der Waals surface area contributed by atoms with Gasteiger partial charge in [0.05, 0.1) is 30.9 Å². The summed E-state index contributed by atoms with van der Waals surface area (Å²) < 4.78 is 6.77. The number of carbonyl (C=O) groups excluding carboxylic acids is 1. The number of fused-ring (bicyclic) bond motifs is 1. The number of carbonyl (C=O) groups is 1. The Kier molecular flexibility index (Phi) is 4.92. The minimum atomic E-state index is -0.387. The first-order valence-corrected chi connectivity index (χ1v) is 9.57. The molecule has 2 heterocycles. The van der Waals surface area contributed by atoms with Crippen LogP contribution in [0.5, 0.6) is 0 Å². The second-order valence-corrected chi connectivity index (χ2v) is 7.02. The van der Waals surface area contributed by atoms with Crippen LogP contribution in [0.25, 0.3) is 21.5 Å². The molecule has 0 saturated heterocycles. The maximum atomic E-state index is 12.3. The zero-order valence-electron chi connectivity index (χ0n) is 15.5. The van der Waals surface area contributed by atoms with Gasteiger partial charge in [0.1, 0.15) is 5.01 Å². The molecule has 4 rings (SSSR count). The molecular formula is C22H17N3O2S. The molecule has 0 atom stereocenters. The highest BCUT2D eigenvalue weighted by Gasteiger charge is 2.17. The van der Waals surface area contributed by atoms with Crippen LogP contribution in [0.1, 0.15) is 28.4 Å². The molecule has 0 amide bonds. The van der Waals surface area contributed by atoms with E-state index in [0.717, 1.165) is 32.6 Å². The van der Waals surface area contributed by atoms with Crippen LogP contribution < -0.4 is 0 Å². The fraction of sp³-hybridized carbons (Fsp3) is 0.136. The Hall–Kier alpha value is -3.43. The lowest BCUT2D eigenvalue weighted by atomic mass is 10.1. The third-order valence-electron chi connectivity index (χ3n) is 4.43. The molecule has 28 heavy (non-hydrogen) atoms. The van der Waals surface area contributed by atoms with Gasteiger partial charge in [0.25, 0.3) is 0 Å². The van der Waals surface area contributed by atoms with Crippen LogP contribution in [0.4, 0.5) is 0 Å². The van der Waals surface area contributed by atoms with Crippen LogP contribution in [0.3, 0.4) is 0 Å². The Bertz CT molecular complexity index is 1200. The number of methoxy groups -OCH3 is 1. The van der Waals surface area contributed by atoms with Crippen molar-refractivity contribution < 1.29 is 9.53 Å². The molecule has 0 fully saturated rings. The quantitative estimate of drug-likeness (QED) is 0.385. The highest BCUT2D eigenvalue weighted by atomic mass is 32.1. The van der Waals surface area contributed by atoms with Crippen molar-refractivity contribution in [3.8, 4) is 22.4 Å². The van der Waals surface area contributed by atoms with E-state index in [4.69, 9.17) is 4.74 Å². The SMILES string of the molecule is CC#Cc1ccc(C(=O)OC)c2c1cnn2Cc1ccc(-c2nccs2)cc1. The molecule has 138 valence electrons. The summed E-state index contributed by atoms with van der Waals surface area (Å²) in [6.45, 7) is 2.32. The van der Waals surface area contributed by atoms with Crippen LogP contribution >= 0.6 is 11.3 Å². The Labute approximate surface area is 166 Å². The number of benzene rings is 2. The van der Waals surface area contributed by atoms with Crippen molar-refractivity contribution >= 4 is 28.2 Å². The number of hydrogen-bond acceptors (Lipinski definition) is 5. The van der Waals surface area contributed by atoms with Gasteiger partial charge in [0.2, 0.25) is 0 Å². The summed E-state index contributed by atoms with van der Waals surface area (Å²) in [6, 6.07) is 11.8. The lowest BCUT2D eigenvalue weighted by molar-refractivity contribution is 0.0602. The fourth-order valence-corrected chi connectivity index (χ4v) is 3.78. The van der Waals surface area contributed by atoms with Crippen molar-refractivity contribution in [1.82, 2.24) is 14.8 Å². The standard InChI is InChI=1S/C22H17N3O2S/c1-3-4-16-9-10-18(22(26)27-2)20-19(16)13-24-25(20)14-15-5-7-17(8-6-15)21-23-11-12-28-21/h5-13H,14H2,1-2H3. The van der Waals surface area contributed by atoms with E-state index in [1.165, 1.54) is 7.11 Å². The maximum absolute atomic E-state index is 12.3. The normalized spacial score (nSPS) is 10.5. The summed E-state index contributed by atoms with van der Waals surface area (Å²) in [5.74, 6) is 5.60. The number of rotatable bonds is 4. The van der Waals surface area contributed by atoms with E-state index in [0.29, 0.717) is 12.1 Å². The molecule has 6 heteroatoms. The number of esters is 1. The summed E-state index contributed by atoms with van der Waals surface area (Å²) in [4.78, 5) is 16.6. The molecule has 2 aromatic carbocycles. The summed E-state index contributed by atoms with van der Waals surface area (Å²) in [5.41, 5.74) is 4.22. The fourth-order valence-electron chi connectivity index (χ4n) is 3.13. The Morgan fingerprint density at radius 2 is 2.04 bits per heavy atom. The van der Waals surface area contributed by atoms with Crippen LogP contribution in [-0.4, -0.2) is 27.8 Å². The molecule has 0 aliphatic heterocycles. The van der Waals surface area contributed by atoms with Crippen molar-refractivity contribution in [3.63, 3.8) is 0 Å². The van der Waals surface area contributed by atoms with Gasteiger partial charge in [-0.15, -0.1) is 17.3 Å². The molecule has 0 radical (unpaired) electrons. The number of hydrogen-bond donors (Lipinski definition) is 0. The largest absolute Gasteiger partial charge is 0.465 e. The third kappa shape index (κ3) is 3.28. The average molecular weight is 387 g/mol. The number of aromatic nitrogens is 3. The molecule has 0 bridgehead atoms. The van der Waals surface area contributed by atoms with Gasteiger partial charge in [-0.05, 0) is 24.6 Å². The zero-order chi connectivity index (χ0) is 19.5. The summed E-state index contributed by atoms with van der Waals surface area (Å²) in [7, 11) is 1.38. The molecule has 0 aliphatic carbocycles. The topological polar surface area (TPSA) is 57.0 Å². The van der Waals surface area contributed by atoms with Crippen molar-refractivity contribution in [2.24, 2.45) is 0 Å². The van der Waals surface area contributed by atoms with Gasteiger partial charge in [0, 0.05) is 28.1 Å². The number of nitrogens with zero attached hydrogens (tertiary/aromatic N) is 3. The first kappa shape index (κ1) is 18.0. The van der Waals surface area contributed by atoms with E-state index < -0.39 is 0 Å². The zero-order valence-corrected chi connectivity index (χ0v) is 16.3. The monoisotopic (exact) mass is 387 g/mol. The Morgan fingerprint density at radius 1 is 1.21 bits per heavy atom. The van der Waals surface area contributed by atoms with E-state index in [9.17, 15) is 4.79 Å². The molecule has 2 aromatic heterocycles. The molecule has 0 aliphatic rings. The Balaban J connectivity index is 1.75. The van der Waals surface area contributed by atoms with Gasteiger partial charge >= 0.3 is 5.97 Å². The second-order valence-electron chi connectivity index (χ2n) is 6.13. The van der Waals surface area contributed by atoms with Crippen LogP contribution in [-0.2, 0) is 11.3 Å². The van der Waals surface area contributed by atoms with Gasteiger partial charge in [-0.2, -0.15) is 5.10 Å². The summed E-state index contributed by atoms with van der Waals surface area (Å²) >= 11 is 1.61. The smallest absolute Gasteiger partial charge is 0.340 e.